The first-order valence-corrected chi connectivity index (χ1v) is 8.55. The summed E-state index contributed by atoms with van der Waals surface area (Å²) in [6.45, 7) is 4.95. The SMILES string of the molecule is CCOc1ccc(C=NNC(=O)c2ccc(N(C)C)cc2)c(OCC)c1. The third-order valence-corrected chi connectivity index (χ3v) is 3.61. The van der Waals surface area contributed by atoms with E-state index in [-0.39, 0.29) is 5.91 Å². The van der Waals surface area contributed by atoms with Gasteiger partial charge in [-0.25, -0.2) is 5.43 Å². The molecule has 0 bridgehead atoms. The number of carbonyl (C=O) groups is 1. The lowest BCUT2D eigenvalue weighted by molar-refractivity contribution is 0.0955. The van der Waals surface area contributed by atoms with Gasteiger partial charge in [-0.15, -0.1) is 0 Å². The lowest BCUT2D eigenvalue weighted by Crippen LogP contribution is -2.18. The lowest BCUT2D eigenvalue weighted by Gasteiger charge is -2.12. The Labute approximate surface area is 154 Å². The molecule has 0 spiro atoms. The van der Waals surface area contributed by atoms with Crippen LogP contribution in [0.5, 0.6) is 11.5 Å². The number of amides is 1. The molecule has 2 rings (SSSR count). The minimum atomic E-state index is -0.268. The van der Waals surface area contributed by atoms with Crippen LogP contribution < -0.4 is 19.8 Å². The second-order valence-electron chi connectivity index (χ2n) is 5.71. The first-order valence-electron chi connectivity index (χ1n) is 8.55. The molecule has 0 fully saturated rings. The van der Waals surface area contributed by atoms with Crippen LogP contribution in [0.3, 0.4) is 0 Å². The van der Waals surface area contributed by atoms with Crippen LogP contribution in [0.4, 0.5) is 5.69 Å². The van der Waals surface area contributed by atoms with Crippen molar-refractivity contribution in [2.75, 3.05) is 32.2 Å². The number of benzene rings is 2. The van der Waals surface area contributed by atoms with Crippen molar-refractivity contribution >= 4 is 17.8 Å². The Morgan fingerprint density at radius 3 is 2.38 bits per heavy atom. The van der Waals surface area contributed by atoms with E-state index < -0.39 is 0 Å². The van der Waals surface area contributed by atoms with Gasteiger partial charge in [0.1, 0.15) is 11.5 Å². The predicted molar refractivity (Wildman–Crippen MR) is 105 cm³/mol. The second-order valence-corrected chi connectivity index (χ2v) is 5.71. The van der Waals surface area contributed by atoms with E-state index in [0.29, 0.717) is 24.5 Å². The molecule has 0 aliphatic heterocycles. The molecule has 0 radical (unpaired) electrons. The van der Waals surface area contributed by atoms with Crippen LogP contribution in [0.25, 0.3) is 0 Å². The molecule has 0 saturated carbocycles. The molecule has 0 unspecified atom stereocenters. The number of anilines is 1. The summed E-state index contributed by atoms with van der Waals surface area (Å²) < 4.78 is 11.1. The van der Waals surface area contributed by atoms with E-state index in [2.05, 4.69) is 10.5 Å². The molecular weight excluding hydrogens is 330 g/mol. The standard InChI is InChI=1S/C20H25N3O3/c1-5-25-18-12-9-16(19(13-18)26-6-2)14-21-22-20(24)15-7-10-17(11-8-15)23(3)4/h7-14H,5-6H2,1-4H3,(H,22,24). The normalized spacial score (nSPS) is 10.6. The molecule has 0 heterocycles. The van der Waals surface area contributed by atoms with Crippen molar-refractivity contribution in [3.05, 3.63) is 53.6 Å². The Kier molecular flexibility index (Phi) is 7.02. The Hall–Kier alpha value is -3.02. The smallest absolute Gasteiger partial charge is 0.271 e. The Morgan fingerprint density at radius 2 is 1.77 bits per heavy atom. The molecule has 0 aliphatic rings. The highest BCUT2D eigenvalue weighted by molar-refractivity contribution is 5.95. The van der Waals surface area contributed by atoms with Crippen LogP contribution in [0.2, 0.25) is 0 Å². The van der Waals surface area contributed by atoms with Gasteiger partial charge in [-0.05, 0) is 50.2 Å². The van der Waals surface area contributed by atoms with E-state index in [1.807, 2.05) is 63.2 Å². The van der Waals surface area contributed by atoms with Gasteiger partial charge in [0.25, 0.3) is 5.91 Å². The molecule has 0 saturated heterocycles. The van der Waals surface area contributed by atoms with Crippen LogP contribution >= 0.6 is 0 Å². The molecule has 6 nitrogen and oxygen atoms in total. The summed E-state index contributed by atoms with van der Waals surface area (Å²) in [5, 5.41) is 4.04. The fourth-order valence-electron chi connectivity index (χ4n) is 2.29. The van der Waals surface area contributed by atoms with Crippen molar-refractivity contribution in [2.45, 2.75) is 13.8 Å². The highest BCUT2D eigenvalue weighted by Crippen LogP contribution is 2.24. The van der Waals surface area contributed by atoms with Crippen LogP contribution in [-0.4, -0.2) is 39.4 Å². The molecular formula is C20H25N3O3. The summed E-state index contributed by atoms with van der Waals surface area (Å²) in [6, 6.07) is 12.8. The first-order chi connectivity index (χ1) is 12.5. The molecule has 138 valence electrons. The first kappa shape index (κ1) is 19.3. The number of rotatable bonds is 8. The Bertz CT molecular complexity index is 755. The minimum absolute atomic E-state index is 0.268. The van der Waals surface area contributed by atoms with Crippen molar-refractivity contribution in [3.63, 3.8) is 0 Å². The van der Waals surface area contributed by atoms with E-state index in [1.165, 1.54) is 0 Å². The Morgan fingerprint density at radius 1 is 1.08 bits per heavy atom. The maximum atomic E-state index is 12.2. The fourth-order valence-corrected chi connectivity index (χ4v) is 2.29. The average molecular weight is 355 g/mol. The highest BCUT2D eigenvalue weighted by Gasteiger charge is 2.06. The van der Waals surface area contributed by atoms with Crippen molar-refractivity contribution in [1.82, 2.24) is 5.43 Å². The molecule has 2 aromatic rings. The van der Waals surface area contributed by atoms with Gasteiger partial charge in [-0.1, -0.05) is 0 Å². The van der Waals surface area contributed by atoms with Gasteiger partial charge in [-0.3, -0.25) is 4.79 Å². The van der Waals surface area contributed by atoms with Gasteiger partial charge < -0.3 is 14.4 Å². The van der Waals surface area contributed by atoms with E-state index in [9.17, 15) is 4.79 Å². The molecule has 1 N–H and O–H groups in total. The largest absolute Gasteiger partial charge is 0.494 e. The molecule has 6 heteroatoms. The van der Waals surface area contributed by atoms with Gasteiger partial charge in [-0.2, -0.15) is 5.10 Å². The van der Waals surface area contributed by atoms with E-state index in [4.69, 9.17) is 9.47 Å². The number of ether oxygens (including phenoxy) is 2. The number of nitrogens with zero attached hydrogens (tertiary/aromatic N) is 2. The van der Waals surface area contributed by atoms with Gasteiger partial charge in [0.05, 0.1) is 19.4 Å². The molecule has 2 aromatic carbocycles. The van der Waals surface area contributed by atoms with Crippen molar-refractivity contribution in [1.29, 1.82) is 0 Å². The van der Waals surface area contributed by atoms with Gasteiger partial charge in [0.2, 0.25) is 0 Å². The highest BCUT2D eigenvalue weighted by atomic mass is 16.5. The van der Waals surface area contributed by atoms with Crippen LogP contribution in [0.15, 0.2) is 47.6 Å². The molecule has 0 atom stereocenters. The number of nitrogens with one attached hydrogen (secondary N) is 1. The molecule has 1 amide bonds. The summed E-state index contributed by atoms with van der Waals surface area (Å²) in [4.78, 5) is 14.1. The zero-order chi connectivity index (χ0) is 18.9. The lowest BCUT2D eigenvalue weighted by atomic mass is 10.2. The van der Waals surface area contributed by atoms with Crippen molar-refractivity contribution < 1.29 is 14.3 Å². The number of hydrogen-bond donors (Lipinski definition) is 1. The molecule has 0 aliphatic carbocycles. The zero-order valence-corrected chi connectivity index (χ0v) is 15.7. The number of hydrogen-bond acceptors (Lipinski definition) is 5. The third kappa shape index (κ3) is 5.24. The summed E-state index contributed by atoms with van der Waals surface area (Å²) in [7, 11) is 3.90. The topological polar surface area (TPSA) is 63.2 Å². The molecule has 26 heavy (non-hydrogen) atoms. The van der Waals surface area contributed by atoms with Crippen LogP contribution in [-0.2, 0) is 0 Å². The Balaban J connectivity index is 2.05. The maximum absolute atomic E-state index is 12.2. The monoisotopic (exact) mass is 355 g/mol. The fraction of sp³-hybridized carbons (Fsp3) is 0.300. The van der Waals surface area contributed by atoms with E-state index >= 15 is 0 Å². The number of hydrazone groups is 1. The van der Waals surface area contributed by atoms with E-state index in [0.717, 1.165) is 17.0 Å². The van der Waals surface area contributed by atoms with Crippen LogP contribution in [0, 0.1) is 0 Å². The maximum Gasteiger partial charge on any atom is 0.271 e. The van der Waals surface area contributed by atoms with Crippen molar-refractivity contribution in [3.8, 4) is 11.5 Å². The molecule has 0 aromatic heterocycles. The van der Waals surface area contributed by atoms with Gasteiger partial charge >= 0.3 is 0 Å². The van der Waals surface area contributed by atoms with Gasteiger partial charge in [0.15, 0.2) is 0 Å². The summed E-state index contributed by atoms with van der Waals surface area (Å²) >= 11 is 0. The minimum Gasteiger partial charge on any atom is -0.494 e. The quantitative estimate of drug-likeness (QED) is 0.583. The van der Waals surface area contributed by atoms with Gasteiger partial charge in [0, 0.05) is 37.0 Å². The van der Waals surface area contributed by atoms with Crippen molar-refractivity contribution in [2.24, 2.45) is 5.10 Å². The summed E-state index contributed by atoms with van der Waals surface area (Å²) in [6.07, 6.45) is 1.56. The number of carbonyl (C=O) groups excluding carboxylic acids is 1. The third-order valence-electron chi connectivity index (χ3n) is 3.61. The predicted octanol–water partition coefficient (Wildman–Crippen LogP) is 3.31. The summed E-state index contributed by atoms with van der Waals surface area (Å²) in [5.74, 6) is 1.13. The average Bonchev–Trinajstić information content (AvgIpc) is 2.64. The van der Waals surface area contributed by atoms with E-state index in [1.54, 1.807) is 18.3 Å². The van der Waals surface area contributed by atoms with Crippen LogP contribution in [0.1, 0.15) is 29.8 Å². The summed E-state index contributed by atoms with van der Waals surface area (Å²) in [5.41, 5.74) is 4.87. The zero-order valence-electron chi connectivity index (χ0n) is 15.7. The second kappa shape index (κ2) is 9.46.